The molecule has 0 aromatic carbocycles. The summed E-state index contributed by atoms with van der Waals surface area (Å²) in [6, 6.07) is 4.09. The molecule has 96 valence electrons. The van der Waals surface area contributed by atoms with Gasteiger partial charge in [0.1, 0.15) is 0 Å². The van der Waals surface area contributed by atoms with Crippen molar-refractivity contribution in [3.8, 4) is 0 Å². The Morgan fingerprint density at radius 1 is 1.35 bits per heavy atom. The van der Waals surface area contributed by atoms with Crippen molar-refractivity contribution in [1.82, 2.24) is 9.88 Å². The molecule has 3 nitrogen and oxygen atoms in total. The molecule has 0 aliphatic rings. The van der Waals surface area contributed by atoms with Gasteiger partial charge in [0.25, 0.3) is 0 Å². The first kappa shape index (κ1) is 14.1. The Labute approximate surface area is 104 Å². The van der Waals surface area contributed by atoms with Gasteiger partial charge in [-0.3, -0.25) is 4.98 Å². The van der Waals surface area contributed by atoms with Crippen LogP contribution in [0.1, 0.15) is 32.0 Å². The summed E-state index contributed by atoms with van der Waals surface area (Å²) >= 11 is 0. The minimum atomic E-state index is -0.419. The molecule has 0 saturated carbocycles. The Morgan fingerprint density at radius 2 is 2.00 bits per heavy atom. The van der Waals surface area contributed by atoms with Crippen LogP contribution in [0.3, 0.4) is 0 Å². The summed E-state index contributed by atoms with van der Waals surface area (Å²) in [6.07, 6.45) is 3.07. The molecule has 1 atom stereocenters. The van der Waals surface area contributed by atoms with Crippen LogP contribution in [0.15, 0.2) is 18.3 Å². The quantitative estimate of drug-likeness (QED) is 0.848. The Morgan fingerprint density at radius 3 is 2.41 bits per heavy atom. The summed E-state index contributed by atoms with van der Waals surface area (Å²) in [5, 5.41) is 10.2. The first-order valence-electron chi connectivity index (χ1n) is 6.17. The molecule has 0 spiro atoms. The standard InChI is InChI=1S/C14H24N2O/c1-6-11-7-8-12(15-10-11)9-13(17)14(2,3)16(4)5/h7-8,10,13,17H,6,9H2,1-5H3. The second-order valence-corrected chi connectivity index (χ2v) is 5.28. The van der Waals surface area contributed by atoms with E-state index in [1.54, 1.807) is 0 Å². The van der Waals surface area contributed by atoms with Crippen molar-refractivity contribution in [3.63, 3.8) is 0 Å². The number of pyridine rings is 1. The fraction of sp³-hybridized carbons (Fsp3) is 0.643. The lowest BCUT2D eigenvalue weighted by molar-refractivity contribution is 0.0177. The monoisotopic (exact) mass is 236 g/mol. The topological polar surface area (TPSA) is 36.4 Å². The minimum Gasteiger partial charge on any atom is -0.391 e. The van der Waals surface area contributed by atoms with Crippen molar-refractivity contribution in [1.29, 1.82) is 0 Å². The van der Waals surface area contributed by atoms with Gasteiger partial charge in [0, 0.05) is 23.9 Å². The predicted molar refractivity (Wildman–Crippen MR) is 71.1 cm³/mol. The van der Waals surface area contributed by atoms with Gasteiger partial charge in [-0.2, -0.15) is 0 Å². The molecule has 0 saturated heterocycles. The van der Waals surface area contributed by atoms with Crippen LogP contribution in [0, 0.1) is 0 Å². The van der Waals surface area contributed by atoms with Crippen LogP contribution in [-0.2, 0) is 12.8 Å². The van der Waals surface area contributed by atoms with Crippen LogP contribution >= 0.6 is 0 Å². The highest BCUT2D eigenvalue weighted by molar-refractivity contribution is 5.15. The molecule has 0 amide bonds. The van der Waals surface area contributed by atoms with E-state index in [2.05, 4.69) is 18.0 Å². The molecular weight excluding hydrogens is 212 g/mol. The van der Waals surface area contributed by atoms with E-state index in [9.17, 15) is 5.11 Å². The molecule has 1 N–H and O–H groups in total. The average molecular weight is 236 g/mol. The molecule has 0 fully saturated rings. The van der Waals surface area contributed by atoms with Gasteiger partial charge >= 0.3 is 0 Å². The van der Waals surface area contributed by atoms with Gasteiger partial charge < -0.3 is 10.0 Å². The Balaban J connectivity index is 2.70. The molecule has 0 bridgehead atoms. The van der Waals surface area contributed by atoms with E-state index in [1.165, 1.54) is 5.56 Å². The van der Waals surface area contributed by atoms with Crippen LogP contribution in [-0.4, -0.2) is 40.7 Å². The molecule has 0 radical (unpaired) electrons. The van der Waals surface area contributed by atoms with Crippen molar-refractivity contribution in [2.75, 3.05) is 14.1 Å². The lowest BCUT2D eigenvalue weighted by Crippen LogP contribution is -2.49. The first-order chi connectivity index (χ1) is 7.87. The molecule has 3 heteroatoms. The fourth-order valence-corrected chi connectivity index (χ4v) is 1.53. The molecule has 1 aromatic heterocycles. The van der Waals surface area contributed by atoms with Crippen molar-refractivity contribution < 1.29 is 5.11 Å². The number of hydrogen-bond donors (Lipinski definition) is 1. The lowest BCUT2D eigenvalue weighted by atomic mass is 9.92. The smallest absolute Gasteiger partial charge is 0.0773 e. The van der Waals surface area contributed by atoms with Crippen molar-refractivity contribution in [2.24, 2.45) is 0 Å². The van der Waals surface area contributed by atoms with Crippen molar-refractivity contribution in [2.45, 2.75) is 45.3 Å². The maximum Gasteiger partial charge on any atom is 0.0773 e. The second kappa shape index (κ2) is 5.61. The first-order valence-corrected chi connectivity index (χ1v) is 6.17. The highest BCUT2D eigenvalue weighted by Gasteiger charge is 2.30. The maximum absolute atomic E-state index is 10.2. The summed E-state index contributed by atoms with van der Waals surface area (Å²) in [7, 11) is 3.97. The van der Waals surface area contributed by atoms with Crippen LogP contribution in [0.4, 0.5) is 0 Å². The van der Waals surface area contributed by atoms with Gasteiger partial charge in [0.05, 0.1) is 6.10 Å². The van der Waals surface area contributed by atoms with Gasteiger partial charge in [-0.25, -0.2) is 0 Å². The average Bonchev–Trinajstić information content (AvgIpc) is 2.29. The van der Waals surface area contributed by atoms with Gasteiger partial charge in [-0.1, -0.05) is 13.0 Å². The van der Waals surface area contributed by atoms with Gasteiger partial charge in [0.2, 0.25) is 0 Å². The molecule has 17 heavy (non-hydrogen) atoms. The van der Waals surface area contributed by atoms with E-state index in [4.69, 9.17) is 0 Å². The van der Waals surface area contributed by atoms with Crippen LogP contribution in [0.5, 0.6) is 0 Å². The summed E-state index contributed by atoms with van der Waals surface area (Å²) in [5.74, 6) is 0. The summed E-state index contributed by atoms with van der Waals surface area (Å²) in [5.41, 5.74) is 1.94. The zero-order valence-electron chi connectivity index (χ0n) is 11.6. The zero-order chi connectivity index (χ0) is 13.1. The van der Waals surface area contributed by atoms with E-state index >= 15 is 0 Å². The number of aliphatic hydroxyl groups excluding tert-OH is 1. The van der Waals surface area contributed by atoms with Crippen molar-refractivity contribution >= 4 is 0 Å². The zero-order valence-corrected chi connectivity index (χ0v) is 11.6. The Hall–Kier alpha value is -0.930. The van der Waals surface area contributed by atoms with E-state index < -0.39 is 6.10 Å². The predicted octanol–water partition coefficient (Wildman–Crippen LogP) is 1.89. The molecule has 1 rings (SSSR count). The highest BCUT2D eigenvalue weighted by Crippen LogP contribution is 2.18. The van der Waals surface area contributed by atoms with Gasteiger partial charge in [-0.15, -0.1) is 0 Å². The van der Waals surface area contributed by atoms with Crippen molar-refractivity contribution in [3.05, 3.63) is 29.6 Å². The summed E-state index contributed by atoms with van der Waals surface area (Å²) in [6.45, 7) is 6.19. The SMILES string of the molecule is CCc1ccc(CC(O)C(C)(C)N(C)C)nc1. The maximum atomic E-state index is 10.2. The van der Waals surface area contributed by atoms with E-state index in [0.29, 0.717) is 6.42 Å². The van der Waals surface area contributed by atoms with Gasteiger partial charge in [0.15, 0.2) is 0 Å². The molecular formula is C14H24N2O. The number of rotatable bonds is 5. The third kappa shape index (κ3) is 3.51. The normalized spacial score (nSPS) is 14.1. The number of aromatic nitrogens is 1. The number of likely N-dealkylation sites (N-methyl/N-ethyl adjacent to an activating group) is 1. The number of aryl methyl sites for hydroxylation is 1. The number of hydrogen-bond acceptors (Lipinski definition) is 3. The lowest BCUT2D eigenvalue weighted by Gasteiger charge is -2.37. The number of aliphatic hydroxyl groups is 1. The van der Waals surface area contributed by atoms with E-state index in [0.717, 1.165) is 12.1 Å². The van der Waals surface area contributed by atoms with Crippen LogP contribution in [0.25, 0.3) is 0 Å². The molecule has 1 heterocycles. The molecule has 0 aliphatic heterocycles. The highest BCUT2D eigenvalue weighted by atomic mass is 16.3. The van der Waals surface area contributed by atoms with Gasteiger partial charge in [-0.05, 0) is 46.0 Å². The summed E-state index contributed by atoms with van der Waals surface area (Å²) in [4.78, 5) is 6.42. The van der Waals surface area contributed by atoms with E-state index in [1.807, 2.05) is 45.1 Å². The minimum absolute atomic E-state index is 0.245. The third-order valence-electron chi connectivity index (χ3n) is 3.66. The second-order valence-electron chi connectivity index (χ2n) is 5.28. The Kier molecular flexibility index (Phi) is 4.66. The largest absolute Gasteiger partial charge is 0.391 e. The molecule has 1 aromatic rings. The third-order valence-corrected chi connectivity index (χ3v) is 3.66. The van der Waals surface area contributed by atoms with Crippen LogP contribution < -0.4 is 0 Å². The fourth-order valence-electron chi connectivity index (χ4n) is 1.53. The van der Waals surface area contributed by atoms with Crippen LogP contribution in [0.2, 0.25) is 0 Å². The number of nitrogens with zero attached hydrogens (tertiary/aromatic N) is 2. The summed E-state index contributed by atoms with van der Waals surface area (Å²) < 4.78 is 0. The van der Waals surface area contributed by atoms with E-state index in [-0.39, 0.29) is 5.54 Å². The Bertz CT molecular complexity index is 344. The molecule has 0 aliphatic carbocycles. The molecule has 1 unspecified atom stereocenters.